The highest BCUT2D eigenvalue weighted by atomic mass is 79.9. The maximum absolute atomic E-state index is 6.24. The van der Waals surface area contributed by atoms with Gasteiger partial charge in [0.05, 0.1) is 10.5 Å². The van der Waals surface area contributed by atoms with Gasteiger partial charge in [0, 0.05) is 24.3 Å². The summed E-state index contributed by atoms with van der Waals surface area (Å²) in [5.74, 6) is 0.828. The number of hydrogen-bond acceptors (Lipinski definition) is 3. The fourth-order valence-electron chi connectivity index (χ4n) is 2.32. The van der Waals surface area contributed by atoms with Crippen molar-refractivity contribution >= 4 is 26.9 Å². The highest BCUT2D eigenvalue weighted by molar-refractivity contribution is 9.10. The lowest BCUT2D eigenvalue weighted by Gasteiger charge is -2.08. The van der Waals surface area contributed by atoms with E-state index in [9.17, 15) is 0 Å². The third kappa shape index (κ3) is 2.51. The molecule has 0 saturated heterocycles. The fourth-order valence-corrected chi connectivity index (χ4v) is 2.78. The van der Waals surface area contributed by atoms with Crippen LogP contribution >= 0.6 is 15.9 Å². The van der Waals surface area contributed by atoms with Crippen molar-refractivity contribution in [1.29, 1.82) is 0 Å². The summed E-state index contributed by atoms with van der Waals surface area (Å²) < 4.78 is 8.70. The van der Waals surface area contributed by atoms with Gasteiger partial charge >= 0.3 is 0 Å². The number of nitrogens with zero attached hydrogens (tertiary/aromatic N) is 2. The average Bonchev–Trinajstić information content (AvgIpc) is 3.03. The second-order valence-corrected chi connectivity index (χ2v) is 5.75. The number of para-hydroxylation sites is 1. The van der Waals surface area contributed by atoms with E-state index in [-0.39, 0.29) is 6.04 Å². The van der Waals surface area contributed by atoms with Crippen LogP contribution < -0.4 is 5.73 Å². The van der Waals surface area contributed by atoms with Gasteiger partial charge < -0.3 is 10.2 Å². The summed E-state index contributed by atoms with van der Waals surface area (Å²) in [7, 11) is 1.94. The van der Waals surface area contributed by atoms with Crippen molar-refractivity contribution in [2.45, 2.75) is 18.9 Å². The SMILES string of the molecule is Cn1nccc1CCC(N)c1cc2cccc(Br)c2o1. The smallest absolute Gasteiger partial charge is 0.148 e. The summed E-state index contributed by atoms with van der Waals surface area (Å²) in [5, 5.41) is 5.23. The Morgan fingerprint density at radius 3 is 2.95 bits per heavy atom. The molecule has 0 radical (unpaired) electrons. The molecule has 2 heterocycles. The third-order valence-corrected chi connectivity index (χ3v) is 4.14. The topological polar surface area (TPSA) is 57.0 Å². The highest BCUT2D eigenvalue weighted by Gasteiger charge is 2.14. The Labute approximate surface area is 125 Å². The second-order valence-electron chi connectivity index (χ2n) is 4.90. The van der Waals surface area contributed by atoms with E-state index >= 15 is 0 Å². The van der Waals surface area contributed by atoms with Crippen LogP contribution in [0.1, 0.15) is 23.9 Å². The van der Waals surface area contributed by atoms with Crippen molar-refractivity contribution < 1.29 is 4.42 Å². The van der Waals surface area contributed by atoms with Crippen molar-refractivity contribution in [2.75, 3.05) is 0 Å². The van der Waals surface area contributed by atoms with Crippen LogP contribution in [0.5, 0.6) is 0 Å². The van der Waals surface area contributed by atoms with E-state index < -0.39 is 0 Å². The molecule has 0 aliphatic carbocycles. The molecule has 0 amide bonds. The molecule has 104 valence electrons. The zero-order valence-corrected chi connectivity index (χ0v) is 12.8. The van der Waals surface area contributed by atoms with Crippen molar-refractivity contribution in [3.63, 3.8) is 0 Å². The second kappa shape index (κ2) is 5.42. The molecular formula is C15H16BrN3O. The van der Waals surface area contributed by atoms with Gasteiger partial charge in [-0.15, -0.1) is 0 Å². The summed E-state index contributed by atoms with van der Waals surface area (Å²) in [4.78, 5) is 0. The van der Waals surface area contributed by atoms with Crippen LogP contribution in [0, 0.1) is 0 Å². The van der Waals surface area contributed by atoms with Gasteiger partial charge in [-0.2, -0.15) is 5.10 Å². The molecule has 0 aliphatic heterocycles. The number of aromatic nitrogens is 2. The predicted molar refractivity (Wildman–Crippen MR) is 82.4 cm³/mol. The largest absolute Gasteiger partial charge is 0.458 e. The van der Waals surface area contributed by atoms with E-state index in [4.69, 9.17) is 10.2 Å². The molecule has 0 aliphatic rings. The first-order chi connectivity index (χ1) is 9.65. The quantitative estimate of drug-likeness (QED) is 0.794. The molecule has 0 bridgehead atoms. The Morgan fingerprint density at radius 2 is 2.25 bits per heavy atom. The Balaban J connectivity index is 1.77. The molecule has 1 atom stereocenters. The number of rotatable bonds is 4. The van der Waals surface area contributed by atoms with Crippen LogP contribution in [0.2, 0.25) is 0 Å². The van der Waals surface area contributed by atoms with Gasteiger partial charge in [-0.25, -0.2) is 0 Å². The van der Waals surface area contributed by atoms with Crippen molar-refractivity contribution in [2.24, 2.45) is 12.8 Å². The van der Waals surface area contributed by atoms with Crippen LogP contribution in [-0.2, 0) is 13.5 Å². The van der Waals surface area contributed by atoms with Gasteiger partial charge in [0.25, 0.3) is 0 Å². The van der Waals surface area contributed by atoms with Crippen molar-refractivity contribution in [3.05, 3.63) is 52.5 Å². The summed E-state index contributed by atoms with van der Waals surface area (Å²) in [5.41, 5.74) is 8.28. The number of benzene rings is 1. The molecule has 4 nitrogen and oxygen atoms in total. The predicted octanol–water partition coefficient (Wildman–Crippen LogP) is 3.56. The van der Waals surface area contributed by atoms with Gasteiger partial charge in [-0.05, 0) is 47.0 Å². The highest BCUT2D eigenvalue weighted by Crippen LogP contribution is 2.30. The first-order valence-electron chi connectivity index (χ1n) is 6.55. The van der Waals surface area contributed by atoms with Gasteiger partial charge in [-0.3, -0.25) is 4.68 Å². The third-order valence-electron chi connectivity index (χ3n) is 3.51. The molecule has 0 spiro atoms. The number of aryl methyl sites for hydroxylation is 2. The van der Waals surface area contributed by atoms with E-state index in [2.05, 4.69) is 21.0 Å². The van der Waals surface area contributed by atoms with Gasteiger partial charge in [0.1, 0.15) is 11.3 Å². The number of nitrogens with two attached hydrogens (primary N) is 1. The van der Waals surface area contributed by atoms with E-state index in [1.165, 1.54) is 5.69 Å². The molecule has 20 heavy (non-hydrogen) atoms. The van der Waals surface area contributed by atoms with Crippen LogP contribution in [0.25, 0.3) is 11.0 Å². The average molecular weight is 334 g/mol. The van der Waals surface area contributed by atoms with Crippen LogP contribution in [0.3, 0.4) is 0 Å². The standard InChI is InChI=1S/C15H16BrN3O/c1-19-11(7-8-18-19)5-6-13(17)14-9-10-3-2-4-12(16)15(10)20-14/h2-4,7-9,13H,5-6,17H2,1H3. The zero-order valence-electron chi connectivity index (χ0n) is 11.2. The minimum absolute atomic E-state index is 0.107. The molecule has 3 rings (SSSR count). The number of halogens is 1. The summed E-state index contributed by atoms with van der Waals surface area (Å²) >= 11 is 3.49. The van der Waals surface area contributed by atoms with E-state index in [1.807, 2.05) is 42.1 Å². The molecule has 3 aromatic rings. The van der Waals surface area contributed by atoms with E-state index in [0.717, 1.165) is 34.0 Å². The molecule has 2 aromatic heterocycles. The fraction of sp³-hybridized carbons (Fsp3) is 0.267. The molecule has 0 saturated carbocycles. The summed E-state index contributed by atoms with van der Waals surface area (Å²) in [6.07, 6.45) is 3.52. The van der Waals surface area contributed by atoms with Crippen LogP contribution in [-0.4, -0.2) is 9.78 Å². The minimum Gasteiger partial charge on any atom is -0.458 e. The minimum atomic E-state index is -0.107. The Kier molecular flexibility index (Phi) is 3.63. The molecule has 1 aromatic carbocycles. The van der Waals surface area contributed by atoms with E-state index in [1.54, 1.807) is 6.20 Å². The van der Waals surface area contributed by atoms with Crippen molar-refractivity contribution in [3.8, 4) is 0 Å². The Bertz CT molecular complexity index is 732. The Hall–Kier alpha value is -1.59. The monoisotopic (exact) mass is 333 g/mol. The number of hydrogen-bond donors (Lipinski definition) is 1. The van der Waals surface area contributed by atoms with Gasteiger partial charge in [-0.1, -0.05) is 12.1 Å². The van der Waals surface area contributed by atoms with Crippen LogP contribution in [0.4, 0.5) is 0 Å². The maximum atomic E-state index is 6.24. The Morgan fingerprint density at radius 1 is 1.40 bits per heavy atom. The lowest BCUT2D eigenvalue weighted by molar-refractivity contribution is 0.473. The maximum Gasteiger partial charge on any atom is 0.148 e. The molecule has 0 fully saturated rings. The number of furan rings is 1. The first kappa shape index (κ1) is 13.4. The number of fused-ring (bicyclic) bond motifs is 1. The molecule has 2 N–H and O–H groups in total. The van der Waals surface area contributed by atoms with Gasteiger partial charge in [0.15, 0.2) is 0 Å². The summed E-state index contributed by atoms with van der Waals surface area (Å²) in [6.45, 7) is 0. The van der Waals surface area contributed by atoms with Crippen molar-refractivity contribution in [1.82, 2.24) is 9.78 Å². The first-order valence-corrected chi connectivity index (χ1v) is 7.35. The molecule has 1 unspecified atom stereocenters. The van der Waals surface area contributed by atoms with Crippen LogP contribution in [0.15, 0.2) is 45.4 Å². The molecule has 5 heteroatoms. The zero-order chi connectivity index (χ0) is 14.1. The lowest BCUT2D eigenvalue weighted by Crippen LogP contribution is -2.11. The normalized spacial score (nSPS) is 12.9. The lowest BCUT2D eigenvalue weighted by atomic mass is 10.1. The molecular weight excluding hydrogens is 318 g/mol. The van der Waals surface area contributed by atoms with Gasteiger partial charge in [0.2, 0.25) is 0 Å². The summed E-state index contributed by atoms with van der Waals surface area (Å²) in [6, 6.07) is 9.92. The van der Waals surface area contributed by atoms with E-state index in [0.29, 0.717) is 0 Å².